The van der Waals surface area contributed by atoms with Gasteiger partial charge in [-0.3, -0.25) is 0 Å². The first-order valence-electron chi connectivity index (χ1n) is 7.21. The molecule has 0 bridgehead atoms. The monoisotopic (exact) mass is 314 g/mol. The standard InChI is InChI=1S/C15H26N2O3S/c1-6-9-17(12(2)3)21(18,19)14-7-8-15(20-5)13(10-14)11-16-4/h7-8,10,12,16H,6,9,11H2,1-5H3. The summed E-state index contributed by atoms with van der Waals surface area (Å²) in [5.74, 6) is 0.690. The Bertz CT molecular complexity index is 556. The summed E-state index contributed by atoms with van der Waals surface area (Å²) in [4.78, 5) is 0.315. The van der Waals surface area contributed by atoms with Crippen LogP contribution in [0.4, 0.5) is 0 Å². The van der Waals surface area contributed by atoms with Gasteiger partial charge in [0, 0.05) is 24.7 Å². The van der Waals surface area contributed by atoms with E-state index in [-0.39, 0.29) is 6.04 Å². The number of ether oxygens (including phenoxy) is 1. The van der Waals surface area contributed by atoms with E-state index in [1.807, 2.05) is 27.8 Å². The maximum atomic E-state index is 12.8. The summed E-state index contributed by atoms with van der Waals surface area (Å²) < 4.78 is 32.4. The van der Waals surface area contributed by atoms with Crippen molar-refractivity contribution in [1.82, 2.24) is 9.62 Å². The Morgan fingerprint density at radius 2 is 2.00 bits per heavy atom. The molecule has 0 saturated heterocycles. The minimum Gasteiger partial charge on any atom is -0.496 e. The van der Waals surface area contributed by atoms with Gasteiger partial charge in [-0.05, 0) is 45.5 Å². The van der Waals surface area contributed by atoms with Crippen molar-refractivity contribution in [2.24, 2.45) is 0 Å². The summed E-state index contributed by atoms with van der Waals surface area (Å²) >= 11 is 0. The Morgan fingerprint density at radius 1 is 1.33 bits per heavy atom. The number of rotatable bonds is 8. The molecule has 0 spiro atoms. The molecule has 0 atom stereocenters. The molecule has 0 amide bonds. The smallest absolute Gasteiger partial charge is 0.243 e. The first kappa shape index (κ1) is 17.9. The number of hydrogen-bond acceptors (Lipinski definition) is 4. The molecular formula is C15H26N2O3S. The lowest BCUT2D eigenvalue weighted by Crippen LogP contribution is -2.37. The maximum absolute atomic E-state index is 12.8. The van der Waals surface area contributed by atoms with Crippen LogP contribution >= 0.6 is 0 Å². The zero-order chi connectivity index (χ0) is 16.0. The molecule has 0 fully saturated rings. The fraction of sp³-hybridized carbons (Fsp3) is 0.600. The van der Waals surface area contributed by atoms with Gasteiger partial charge in [-0.15, -0.1) is 0 Å². The quantitative estimate of drug-likeness (QED) is 0.799. The molecule has 0 radical (unpaired) electrons. The van der Waals surface area contributed by atoms with E-state index in [2.05, 4.69) is 5.32 Å². The summed E-state index contributed by atoms with van der Waals surface area (Å²) in [6.45, 7) is 6.84. The summed E-state index contributed by atoms with van der Waals surface area (Å²) in [6.07, 6.45) is 0.789. The zero-order valence-electron chi connectivity index (χ0n) is 13.5. The van der Waals surface area contributed by atoms with Gasteiger partial charge in [0.1, 0.15) is 5.75 Å². The molecule has 1 N–H and O–H groups in total. The van der Waals surface area contributed by atoms with E-state index in [4.69, 9.17) is 4.74 Å². The molecule has 0 heterocycles. The second-order valence-corrected chi connectivity index (χ2v) is 7.10. The van der Waals surface area contributed by atoms with Gasteiger partial charge in [0.05, 0.1) is 12.0 Å². The van der Waals surface area contributed by atoms with Crippen molar-refractivity contribution in [3.05, 3.63) is 23.8 Å². The minimum atomic E-state index is -3.48. The molecule has 1 rings (SSSR count). The van der Waals surface area contributed by atoms with E-state index < -0.39 is 10.0 Å². The molecule has 0 aliphatic heterocycles. The van der Waals surface area contributed by atoms with Gasteiger partial charge in [0.25, 0.3) is 0 Å². The largest absolute Gasteiger partial charge is 0.496 e. The number of nitrogens with one attached hydrogen (secondary N) is 1. The average molecular weight is 314 g/mol. The van der Waals surface area contributed by atoms with Crippen LogP contribution < -0.4 is 10.1 Å². The first-order chi connectivity index (χ1) is 9.88. The fourth-order valence-electron chi connectivity index (χ4n) is 2.26. The highest BCUT2D eigenvalue weighted by Crippen LogP contribution is 2.25. The topological polar surface area (TPSA) is 58.6 Å². The number of methoxy groups -OCH3 is 1. The van der Waals surface area contributed by atoms with Crippen molar-refractivity contribution in [3.63, 3.8) is 0 Å². The predicted octanol–water partition coefficient (Wildman–Crippen LogP) is 2.22. The van der Waals surface area contributed by atoms with Gasteiger partial charge in [0.2, 0.25) is 10.0 Å². The Labute approximate surface area is 128 Å². The van der Waals surface area contributed by atoms with Crippen LogP contribution in [-0.2, 0) is 16.6 Å². The normalized spacial score (nSPS) is 12.1. The fourth-order valence-corrected chi connectivity index (χ4v) is 4.04. The van der Waals surface area contributed by atoms with Crippen LogP contribution in [0.5, 0.6) is 5.75 Å². The van der Waals surface area contributed by atoms with Gasteiger partial charge in [-0.1, -0.05) is 6.92 Å². The van der Waals surface area contributed by atoms with E-state index >= 15 is 0 Å². The summed E-state index contributed by atoms with van der Waals surface area (Å²) in [5, 5.41) is 3.03. The molecular weight excluding hydrogens is 288 g/mol. The van der Waals surface area contributed by atoms with Crippen molar-refractivity contribution in [1.29, 1.82) is 0 Å². The first-order valence-corrected chi connectivity index (χ1v) is 8.65. The molecule has 1 aromatic carbocycles. The third kappa shape index (κ3) is 4.18. The number of benzene rings is 1. The van der Waals surface area contributed by atoms with Crippen LogP contribution in [0.25, 0.3) is 0 Å². The highest BCUT2D eigenvalue weighted by Gasteiger charge is 2.26. The van der Waals surface area contributed by atoms with E-state index in [1.54, 1.807) is 25.3 Å². The number of sulfonamides is 1. The van der Waals surface area contributed by atoms with Crippen LogP contribution in [0.15, 0.2) is 23.1 Å². The van der Waals surface area contributed by atoms with E-state index in [0.717, 1.165) is 12.0 Å². The van der Waals surface area contributed by atoms with Crippen molar-refractivity contribution < 1.29 is 13.2 Å². The van der Waals surface area contributed by atoms with Crippen molar-refractivity contribution in [3.8, 4) is 5.75 Å². The van der Waals surface area contributed by atoms with Gasteiger partial charge in [0.15, 0.2) is 0 Å². The summed E-state index contributed by atoms with van der Waals surface area (Å²) in [7, 11) is -0.0772. The number of nitrogens with zero attached hydrogens (tertiary/aromatic N) is 1. The van der Waals surface area contributed by atoms with E-state index in [1.165, 1.54) is 4.31 Å². The lowest BCUT2D eigenvalue weighted by atomic mass is 10.2. The lowest BCUT2D eigenvalue weighted by molar-refractivity contribution is 0.354. The second kappa shape index (κ2) is 7.77. The van der Waals surface area contributed by atoms with Crippen LogP contribution in [0.2, 0.25) is 0 Å². The molecule has 0 unspecified atom stereocenters. The molecule has 6 heteroatoms. The van der Waals surface area contributed by atoms with Gasteiger partial charge >= 0.3 is 0 Å². The molecule has 21 heavy (non-hydrogen) atoms. The highest BCUT2D eigenvalue weighted by atomic mass is 32.2. The summed E-state index contributed by atoms with van der Waals surface area (Å²) in [5.41, 5.74) is 0.835. The molecule has 0 aliphatic rings. The number of hydrogen-bond donors (Lipinski definition) is 1. The van der Waals surface area contributed by atoms with Crippen molar-refractivity contribution in [2.45, 2.75) is 44.7 Å². The molecule has 1 aromatic rings. The maximum Gasteiger partial charge on any atom is 0.243 e. The molecule has 0 aliphatic carbocycles. The molecule has 5 nitrogen and oxygen atoms in total. The molecule has 0 saturated carbocycles. The van der Waals surface area contributed by atoms with Crippen LogP contribution in [0.3, 0.4) is 0 Å². The SMILES string of the molecule is CCCN(C(C)C)S(=O)(=O)c1ccc(OC)c(CNC)c1. The van der Waals surface area contributed by atoms with Gasteiger partial charge in [-0.25, -0.2) is 8.42 Å². The predicted molar refractivity (Wildman–Crippen MR) is 85.1 cm³/mol. The van der Waals surface area contributed by atoms with Crippen LogP contribution in [0, 0.1) is 0 Å². The zero-order valence-corrected chi connectivity index (χ0v) is 14.3. The molecule has 0 aromatic heterocycles. The van der Waals surface area contributed by atoms with Crippen molar-refractivity contribution >= 4 is 10.0 Å². The highest BCUT2D eigenvalue weighted by molar-refractivity contribution is 7.89. The third-order valence-corrected chi connectivity index (χ3v) is 5.32. The Morgan fingerprint density at radius 3 is 2.48 bits per heavy atom. The average Bonchev–Trinajstić information content (AvgIpc) is 2.44. The lowest BCUT2D eigenvalue weighted by Gasteiger charge is -2.25. The second-order valence-electron chi connectivity index (χ2n) is 5.21. The third-order valence-electron chi connectivity index (χ3n) is 3.25. The Balaban J connectivity index is 3.27. The van der Waals surface area contributed by atoms with Crippen LogP contribution in [0.1, 0.15) is 32.8 Å². The van der Waals surface area contributed by atoms with E-state index in [9.17, 15) is 8.42 Å². The Kier molecular flexibility index (Phi) is 6.64. The molecule has 120 valence electrons. The van der Waals surface area contributed by atoms with Gasteiger partial charge in [-0.2, -0.15) is 4.31 Å². The Hall–Kier alpha value is -1.11. The van der Waals surface area contributed by atoms with E-state index in [0.29, 0.717) is 23.7 Å². The summed E-state index contributed by atoms with van der Waals surface area (Å²) in [6, 6.07) is 4.95. The van der Waals surface area contributed by atoms with Crippen LogP contribution in [-0.4, -0.2) is 39.5 Å². The van der Waals surface area contributed by atoms with Gasteiger partial charge < -0.3 is 10.1 Å². The minimum absolute atomic E-state index is 0.0650. The van der Waals surface area contributed by atoms with Crippen molar-refractivity contribution in [2.75, 3.05) is 20.7 Å².